The highest BCUT2D eigenvalue weighted by Crippen LogP contribution is 2.44. The van der Waals surface area contributed by atoms with Gasteiger partial charge in [-0.3, -0.25) is 4.79 Å². The minimum Gasteiger partial charge on any atom is -0.472 e. The highest BCUT2D eigenvalue weighted by atomic mass is 16.5. The number of ether oxygens (including phenoxy) is 1. The number of carboxylic acids is 1. The summed E-state index contributed by atoms with van der Waals surface area (Å²) in [7, 11) is 0. The predicted octanol–water partition coefficient (Wildman–Crippen LogP) is 3.29. The van der Waals surface area contributed by atoms with Gasteiger partial charge in [-0.2, -0.15) is 0 Å². The number of aliphatic carboxylic acids is 1. The molecule has 7 heteroatoms. The molecule has 0 saturated heterocycles. The quantitative estimate of drug-likeness (QED) is 0.612. The summed E-state index contributed by atoms with van der Waals surface area (Å²) < 4.78 is 5.62. The number of carboxylic acid groups (broad SMARTS) is 1. The Balaban J connectivity index is 1.29. The molecule has 1 fully saturated rings. The zero-order valence-corrected chi connectivity index (χ0v) is 18.2. The van der Waals surface area contributed by atoms with Crippen molar-refractivity contribution in [1.29, 1.82) is 0 Å². The van der Waals surface area contributed by atoms with Crippen molar-refractivity contribution in [2.24, 2.45) is 5.92 Å². The molecule has 170 valence electrons. The number of hydrogen-bond acceptors (Lipinski definition) is 4. The predicted molar refractivity (Wildman–Crippen MR) is 122 cm³/mol. The average molecular weight is 447 g/mol. The van der Waals surface area contributed by atoms with Crippen LogP contribution in [0.3, 0.4) is 0 Å². The van der Waals surface area contributed by atoms with Crippen LogP contribution in [0, 0.1) is 17.8 Å². The van der Waals surface area contributed by atoms with E-state index in [4.69, 9.17) is 9.84 Å². The van der Waals surface area contributed by atoms with Crippen LogP contribution in [-0.4, -0.2) is 42.3 Å². The van der Waals surface area contributed by atoms with E-state index >= 15 is 0 Å². The van der Waals surface area contributed by atoms with Crippen LogP contribution in [0.5, 0.6) is 0 Å². The van der Waals surface area contributed by atoms with Gasteiger partial charge in [-0.1, -0.05) is 60.9 Å². The van der Waals surface area contributed by atoms with E-state index in [9.17, 15) is 14.4 Å². The first kappa shape index (κ1) is 22.4. The molecule has 2 aromatic carbocycles. The monoisotopic (exact) mass is 446 g/mol. The molecular formula is C26H26N2O5. The Labute approximate surface area is 192 Å². The standard InChI is InChI=1S/C26H26N2O5/c29-24(30)13-6-14-27-25(31)17-7-5-8-18(15-17)28-26(32)33-16-23-21-11-3-1-9-19(21)20-10-2-4-12-22(20)23/h1-4,9-12,17-18,23H,5,7-8,14-16H2,(H,27,31)(H,28,32)(H,29,30)/t17-,18+/m1/s1. The van der Waals surface area contributed by atoms with Gasteiger partial charge in [-0.15, -0.1) is 0 Å². The minimum absolute atomic E-state index is 0.0000519. The zero-order chi connectivity index (χ0) is 23.2. The number of carbonyl (C=O) groups is 3. The lowest BCUT2D eigenvalue weighted by Crippen LogP contribution is -2.43. The number of amides is 2. The van der Waals surface area contributed by atoms with Gasteiger partial charge in [-0.05, 0) is 41.5 Å². The third kappa shape index (κ3) is 5.35. The number of carbonyl (C=O) groups excluding carboxylic acids is 2. The van der Waals surface area contributed by atoms with Crippen LogP contribution in [0.1, 0.15) is 42.7 Å². The van der Waals surface area contributed by atoms with Gasteiger partial charge in [0.05, 0.1) is 6.54 Å². The number of benzene rings is 2. The Morgan fingerprint density at radius 2 is 1.67 bits per heavy atom. The Kier molecular flexibility index (Phi) is 6.94. The summed E-state index contributed by atoms with van der Waals surface area (Å²) in [5, 5.41) is 14.1. The normalized spacial score (nSPS) is 18.8. The van der Waals surface area contributed by atoms with Gasteiger partial charge in [0.1, 0.15) is 6.61 Å². The number of fused-ring (bicyclic) bond motifs is 3. The SMILES string of the molecule is O=C(O)C#CCNC(=O)[C@@H]1CCC[C@H](NC(=O)OCC2c3ccccc3-c3ccccc32)C1. The minimum atomic E-state index is -1.23. The molecule has 0 radical (unpaired) electrons. The molecule has 4 rings (SSSR count). The van der Waals surface area contributed by atoms with Crippen molar-refractivity contribution in [3.05, 3.63) is 59.7 Å². The van der Waals surface area contributed by atoms with E-state index in [1.807, 2.05) is 30.2 Å². The van der Waals surface area contributed by atoms with E-state index < -0.39 is 12.1 Å². The highest BCUT2D eigenvalue weighted by molar-refractivity contribution is 5.86. The van der Waals surface area contributed by atoms with Gasteiger partial charge < -0.3 is 20.5 Å². The lowest BCUT2D eigenvalue weighted by Gasteiger charge is -2.28. The Bertz CT molecular complexity index is 1070. The van der Waals surface area contributed by atoms with E-state index in [0.29, 0.717) is 6.42 Å². The van der Waals surface area contributed by atoms with Crippen LogP contribution in [0.2, 0.25) is 0 Å². The fraction of sp³-hybridized carbons (Fsp3) is 0.346. The summed E-state index contributed by atoms with van der Waals surface area (Å²) >= 11 is 0. The summed E-state index contributed by atoms with van der Waals surface area (Å²) in [6.07, 6.45) is 2.36. The maximum atomic E-state index is 12.5. The average Bonchev–Trinajstić information content (AvgIpc) is 3.14. The zero-order valence-electron chi connectivity index (χ0n) is 18.2. The second kappa shape index (κ2) is 10.2. The number of rotatable bonds is 5. The molecule has 7 nitrogen and oxygen atoms in total. The van der Waals surface area contributed by atoms with Gasteiger partial charge in [0.15, 0.2) is 0 Å². The molecule has 0 heterocycles. The molecule has 0 aliphatic heterocycles. The molecule has 1 saturated carbocycles. The maximum absolute atomic E-state index is 12.5. The van der Waals surface area contributed by atoms with Crippen molar-refractivity contribution in [2.45, 2.75) is 37.6 Å². The molecule has 0 bridgehead atoms. The Morgan fingerprint density at radius 3 is 2.33 bits per heavy atom. The third-order valence-corrected chi connectivity index (χ3v) is 6.26. The number of nitrogens with one attached hydrogen (secondary N) is 2. The molecule has 3 N–H and O–H groups in total. The van der Waals surface area contributed by atoms with Crippen LogP contribution in [0.25, 0.3) is 11.1 Å². The van der Waals surface area contributed by atoms with Crippen LogP contribution < -0.4 is 10.6 Å². The lowest BCUT2D eigenvalue weighted by molar-refractivity contribution is -0.130. The molecule has 2 atom stereocenters. The molecular weight excluding hydrogens is 420 g/mol. The molecule has 2 aliphatic rings. The van der Waals surface area contributed by atoms with Crippen LogP contribution in [-0.2, 0) is 14.3 Å². The van der Waals surface area contributed by atoms with Gasteiger partial charge in [0.2, 0.25) is 5.91 Å². The Morgan fingerprint density at radius 1 is 1.00 bits per heavy atom. The van der Waals surface area contributed by atoms with E-state index in [1.54, 1.807) is 0 Å². The van der Waals surface area contributed by atoms with Gasteiger partial charge >= 0.3 is 12.1 Å². The first-order valence-corrected chi connectivity index (χ1v) is 11.1. The first-order valence-electron chi connectivity index (χ1n) is 11.1. The number of hydrogen-bond donors (Lipinski definition) is 3. The molecule has 0 unspecified atom stereocenters. The summed E-state index contributed by atoms with van der Waals surface area (Å²) in [4.78, 5) is 35.3. The van der Waals surface area contributed by atoms with Crippen molar-refractivity contribution in [3.63, 3.8) is 0 Å². The van der Waals surface area contributed by atoms with E-state index in [2.05, 4.69) is 40.8 Å². The van der Waals surface area contributed by atoms with E-state index in [0.717, 1.165) is 30.4 Å². The topological polar surface area (TPSA) is 105 Å². The molecule has 0 spiro atoms. The van der Waals surface area contributed by atoms with Crippen LogP contribution in [0.4, 0.5) is 4.79 Å². The molecule has 2 aliphatic carbocycles. The van der Waals surface area contributed by atoms with Gasteiger partial charge in [0, 0.05) is 23.8 Å². The van der Waals surface area contributed by atoms with Gasteiger partial charge in [-0.25, -0.2) is 9.59 Å². The summed E-state index contributed by atoms with van der Waals surface area (Å²) in [6, 6.07) is 16.2. The van der Waals surface area contributed by atoms with Crippen LogP contribution >= 0.6 is 0 Å². The Hall–Kier alpha value is -3.79. The van der Waals surface area contributed by atoms with Crippen LogP contribution in [0.15, 0.2) is 48.5 Å². The summed E-state index contributed by atoms with van der Waals surface area (Å²) in [6.45, 7) is 0.241. The largest absolute Gasteiger partial charge is 0.472 e. The van der Waals surface area contributed by atoms with Crippen molar-refractivity contribution in [3.8, 4) is 23.0 Å². The molecule has 33 heavy (non-hydrogen) atoms. The third-order valence-electron chi connectivity index (χ3n) is 6.26. The molecule has 2 amide bonds. The fourth-order valence-electron chi connectivity index (χ4n) is 4.76. The highest BCUT2D eigenvalue weighted by Gasteiger charge is 2.31. The van der Waals surface area contributed by atoms with Gasteiger partial charge in [0.25, 0.3) is 0 Å². The van der Waals surface area contributed by atoms with Crippen molar-refractivity contribution < 1.29 is 24.2 Å². The van der Waals surface area contributed by atoms with Crippen molar-refractivity contribution in [1.82, 2.24) is 10.6 Å². The molecule has 2 aromatic rings. The lowest BCUT2D eigenvalue weighted by atomic mass is 9.85. The van der Waals surface area contributed by atoms with Crippen molar-refractivity contribution >= 4 is 18.0 Å². The summed E-state index contributed by atoms with van der Waals surface area (Å²) in [5.41, 5.74) is 4.67. The van der Waals surface area contributed by atoms with E-state index in [1.165, 1.54) is 11.1 Å². The van der Waals surface area contributed by atoms with E-state index in [-0.39, 0.29) is 36.9 Å². The summed E-state index contributed by atoms with van der Waals surface area (Å²) in [5.74, 6) is 2.71. The smallest absolute Gasteiger partial charge is 0.407 e. The first-order chi connectivity index (χ1) is 16.0. The fourth-order valence-corrected chi connectivity index (χ4v) is 4.76. The molecule has 0 aromatic heterocycles. The maximum Gasteiger partial charge on any atom is 0.407 e. The second-order valence-corrected chi connectivity index (χ2v) is 8.36. The van der Waals surface area contributed by atoms with Crippen molar-refractivity contribution in [2.75, 3.05) is 13.2 Å². The second-order valence-electron chi connectivity index (χ2n) is 8.36. The number of alkyl carbamates (subject to hydrolysis) is 1.